The number of sulfonamides is 1. The van der Waals surface area contributed by atoms with Gasteiger partial charge in [-0.25, -0.2) is 8.42 Å². The molecule has 2 aromatic rings. The molecule has 1 amide bonds. The second kappa shape index (κ2) is 8.10. The highest BCUT2D eigenvalue weighted by Crippen LogP contribution is 2.28. The highest BCUT2D eigenvalue weighted by Gasteiger charge is 2.34. The molecule has 1 aromatic heterocycles. The zero-order valence-electron chi connectivity index (χ0n) is 14.5. The molecule has 0 unspecified atom stereocenters. The summed E-state index contributed by atoms with van der Waals surface area (Å²) in [4.78, 5) is 12.5. The van der Waals surface area contributed by atoms with E-state index in [9.17, 15) is 26.4 Å². The maximum Gasteiger partial charge on any atom is 0.573 e. The molecule has 152 valence electrons. The zero-order chi connectivity index (χ0) is 20.4. The molecule has 1 N–H and O–H groups in total. The quantitative estimate of drug-likeness (QED) is 0.779. The number of rotatable bonds is 5. The van der Waals surface area contributed by atoms with Gasteiger partial charge >= 0.3 is 6.36 Å². The van der Waals surface area contributed by atoms with Crippen LogP contribution in [-0.4, -0.2) is 38.1 Å². The number of anilines is 1. The molecule has 0 aliphatic carbocycles. The number of alkyl halides is 3. The van der Waals surface area contributed by atoms with Crippen molar-refractivity contribution in [2.45, 2.75) is 23.4 Å². The van der Waals surface area contributed by atoms with Crippen LogP contribution in [0, 0.1) is 5.92 Å². The lowest BCUT2D eigenvalue weighted by Crippen LogP contribution is -2.43. The lowest BCUT2D eigenvalue weighted by atomic mass is 9.99. The smallest absolute Gasteiger partial charge is 0.406 e. The Morgan fingerprint density at radius 1 is 1.21 bits per heavy atom. The maximum atomic E-state index is 12.6. The molecule has 1 fully saturated rings. The van der Waals surface area contributed by atoms with Gasteiger partial charge in [0, 0.05) is 18.8 Å². The minimum absolute atomic E-state index is 0.0569. The van der Waals surface area contributed by atoms with Gasteiger partial charge < -0.3 is 10.1 Å². The van der Waals surface area contributed by atoms with E-state index in [2.05, 4.69) is 10.1 Å². The summed E-state index contributed by atoms with van der Waals surface area (Å²) in [6, 6.07) is 7.95. The standard InChI is InChI=1S/C17H17F3N2O4S2/c18-17(19,20)26-14-7-5-13(6-8-14)21-16(23)12-3-1-9-22(11-12)28(24,25)15-4-2-10-27-15/h2,4-8,10,12H,1,3,9,11H2,(H,21,23)/t12-/m1/s1. The van der Waals surface area contributed by atoms with Crippen molar-refractivity contribution in [2.75, 3.05) is 18.4 Å². The van der Waals surface area contributed by atoms with Crippen molar-refractivity contribution in [3.63, 3.8) is 0 Å². The van der Waals surface area contributed by atoms with E-state index in [1.807, 2.05) is 0 Å². The first-order valence-electron chi connectivity index (χ1n) is 8.35. The van der Waals surface area contributed by atoms with Crippen LogP contribution in [-0.2, 0) is 14.8 Å². The van der Waals surface area contributed by atoms with E-state index in [1.165, 1.54) is 22.5 Å². The van der Waals surface area contributed by atoms with E-state index >= 15 is 0 Å². The third-order valence-electron chi connectivity index (χ3n) is 4.20. The molecule has 1 saturated heterocycles. The summed E-state index contributed by atoms with van der Waals surface area (Å²) in [5.74, 6) is -1.32. The molecule has 6 nitrogen and oxygen atoms in total. The summed E-state index contributed by atoms with van der Waals surface area (Å²) in [5.41, 5.74) is 0.303. The largest absolute Gasteiger partial charge is 0.573 e. The summed E-state index contributed by atoms with van der Waals surface area (Å²) < 4.78 is 67.1. The van der Waals surface area contributed by atoms with Crippen molar-refractivity contribution in [1.29, 1.82) is 0 Å². The monoisotopic (exact) mass is 434 g/mol. The Kier molecular flexibility index (Phi) is 5.96. The van der Waals surface area contributed by atoms with Gasteiger partial charge in [0.2, 0.25) is 5.91 Å². The Bertz CT molecular complexity index is 913. The van der Waals surface area contributed by atoms with Crippen LogP contribution >= 0.6 is 11.3 Å². The number of thiophene rings is 1. The predicted molar refractivity (Wildman–Crippen MR) is 97.6 cm³/mol. The molecule has 0 radical (unpaired) electrons. The number of hydrogen-bond donors (Lipinski definition) is 1. The molecule has 1 atom stereocenters. The van der Waals surface area contributed by atoms with E-state index < -0.39 is 28.1 Å². The normalized spacial score (nSPS) is 18.6. The first kappa shape index (κ1) is 20.6. The molecule has 0 saturated carbocycles. The SMILES string of the molecule is O=C(Nc1ccc(OC(F)(F)F)cc1)[C@@H]1CCCN(S(=O)(=O)c2cccs2)C1. The number of nitrogens with zero attached hydrogens (tertiary/aromatic N) is 1. The second-order valence-corrected chi connectivity index (χ2v) is 9.31. The summed E-state index contributed by atoms with van der Waals surface area (Å²) in [6.07, 6.45) is -3.72. The zero-order valence-corrected chi connectivity index (χ0v) is 16.1. The van der Waals surface area contributed by atoms with Crippen LogP contribution in [0.1, 0.15) is 12.8 Å². The molecule has 11 heteroatoms. The molecule has 3 rings (SSSR count). The average molecular weight is 434 g/mol. The molecule has 1 aliphatic rings. The lowest BCUT2D eigenvalue weighted by molar-refractivity contribution is -0.274. The van der Waals surface area contributed by atoms with Gasteiger partial charge in [-0.15, -0.1) is 24.5 Å². The van der Waals surface area contributed by atoms with Crippen molar-refractivity contribution in [1.82, 2.24) is 4.31 Å². The Balaban J connectivity index is 1.63. The van der Waals surface area contributed by atoms with Gasteiger partial charge in [-0.05, 0) is 48.6 Å². The first-order chi connectivity index (χ1) is 13.1. The van der Waals surface area contributed by atoms with Crippen molar-refractivity contribution in [3.8, 4) is 5.75 Å². The van der Waals surface area contributed by atoms with Gasteiger partial charge in [0.1, 0.15) is 9.96 Å². The van der Waals surface area contributed by atoms with E-state index in [0.29, 0.717) is 25.1 Å². The van der Waals surface area contributed by atoms with Crippen LogP contribution < -0.4 is 10.1 Å². The Hall–Kier alpha value is -2.11. The number of hydrogen-bond acceptors (Lipinski definition) is 5. The first-order valence-corrected chi connectivity index (χ1v) is 10.7. The van der Waals surface area contributed by atoms with E-state index in [4.69, 9.17) is 0 Å². The molecule has 0 spiro atoms. The second-order valence-electron chi connectivity index (χ2n) is 6.20. The van der Waals surface area contributed by atoms with Gasteiger partial charge in [-0.2, -0.15) is 4.31 Å². The third-order valence-corrected chi connectivity index (χ3v) is 7.44. The van der Waals surface area contributed by atoms with Gasteiger partial charge in [-0.1, -0.05) is 6.07 Å². The number of carbonyl (C=O) groups is 1. The maximum absolute atomic E-state index is 12.6. The van der Waals surface area contributed by atoms with E-state index in [-0.39, 0.29) is 16.7 Å². The number of carbonyl (C=O) groups excluding carboxylic acids is 1. The molecular weight excluding hydrogens is 417 g/mol. The fourth-order valence-electron chi connectivity index (χ4n) is 2.90. The Labute approximate surface area is 164 Å². The van der Waals surface area contributed by atoms with E-state index in [0.717, 1.165) is 23.5 Å². The van der Waals surface area contributed by atoms with Gasteiger partial charge in [-0.3, -0.25) is 4.79 Å². The highest BCUT2D eigenvalue weighted by molar-refractivity contribution is 7.91. The molecule has 28 heavy (non-hydrogen) atoms. The lowest BCUT2D eigenvalue weighted by Gasteiger charge is -2.30. The predicted octanol–water partition coefficient (Wildman–Crippen LogP) is 3.69. The van der Waals surface area contributed by atoms with Crippen LogP contribution in [0.2, 0.25) is 0 Å². The van der Waals surface area contributed by atoms with Crippen molar-refractivity contribution < 1.29 is 31.1 Å². The van der Waals surface area contributed by atoms with Gasteiger partial charge in [0.15, 0.2) is 0 Å². The fraction of sp³-hybridized carbons (Fsp3) is 0.353. The molecule has 2 heterocycles. The number of amides is 1. The van der Waals surface area contributed by atoms with E-state index in [1.54, 1.807) is 11.4 Å². The number of ether oxygens (including phenoxy) is 1. The van der Waals surface area contributed by atoms with Crippen molar-refractivity contribution in [3.05, 3.63) is 41.8 Å². The Morgan fingerprint density at radius 3 is 2.54 bits per heavy atom. The molecule has 1 aliphatic heterocycles. The van der Waals surface area contributed by atoms with Crippen LogP contribution in [0.3, 0.4) is 0 Å². The van der Waals surface area contributed by atoms with Crippen LogP contribution in [0.4, 0.5) is 18.9 Å². The summed E-state index contributed by atoms with van der Waals surface area (Å²) >= 11 is 1.12. The van der Waals surface area contributed by atoms with Gasteiger partial charge in [0.05, 0.1) is 5.92 Å². The van der Waals surface area contributed by atoms with Gasteiger partial charge in [0.25, 0.3) is 10.0 Å². The molecular formula is C17H17F3N2O4S2. The number of nitrogens with one attached hydrogen (secondary N) is 1. The number of halogens is 3. The molecule has 1 aromatic carbocycles. The van der Waals surface area contributed by atoms with Crippen LogP contribution in [0.25, 0.3) is 0 Å². The minimum Gasteiger partial charge on any atom is -0.406 e. The summed E-state index contributed by atoms with van der Waals surface area (Å²) in [5, 5.41) is 4.29. The number of piperidine rings is 1. The third kappa shape index (κ3) is 5.03. The summed E-state index contributed by atoms with van der Waals surface area (Å²) in [7, 11) is -3.63. The molecule has 0 bridgehead atoms. The topological polar surface area (TPSA) is 75.7 Å². The van der Waals surface area contributed by atoms with Crippen LogP contribution in [0.15, 0.2) is 46.0 Å². The minimum atomic E-state index is -4.79. The van der Waals surface area contributed by atoms with Crippen LogP contribution in [0.5, 0.6) is 5.75 Å². The highest BCUT2D eigenvalue weighted by atomic mass is 32.2. The Morgan fingerprint density at radius 2 is 1.93 bits per heavy atom. The van der Waals surface area contributed by atoms with Crippen molar-refractivity contribution >= 4 is 33.0 Å². The average Bonchev–Trinajstić information content (AvgIpc) is 3.18. The fourth-order valence-corrected chi connectivity index (χ4v) is 5.56. The van der Waals surface area contributed by atoms with Crippen molar-refractivity contribution in [2.24, 2.45) is 5.92 Å². The number of benzene rings is 1. The summed E-state index contributed by atoms with van der Waals surface area (Å²) in [6.45, 7) is 0.398.